The summed E-state index contributed by atoms with van der Waals surface area (Å²) in [5, 5.41) is 6.06. The van der Waals surface area contributed by atoms with Gasteiger partial charge in [0.15, 0.2) is 0 Å². The molecule has 2 heterocycles. The third-order valence-electron chi connectivity index (χ3n) is 5.97. The lowest BCUT2D eigenvalue weighted by Gasteiger charge is -2.30. The smallest absolute Gasteiger partial charge is 0.271 e. The molecule has 0 saturated carbocycles. The van der Waals surface area contributed by atoms with Gasteiger partial charge in [-0.3, -0.25) is 4.79 Å². The number of thiazole rings is 1. The number of rotatable bonds is 7. The highest BCUT2D eigenvalue weighted by molar-refractivity contribution is 7.98. The number of thioether (sulfide) groups is 1. The summed E-state index contributed by atoms with van der Waals surface area (Å²) < 4.78 is 27.6. The molecule has 0 aliphatic carbocycles. The summed E-state index contributed by atoms with van der Waals surface area (Å²) in [6.45, 7) is 3.11. The van der Waals surface area contributed by atoms with E-state index in [1.54, 1.807) is 29.3 Å². The maximum Gasteiger partial charge on any atom is 0.271 e. The second kappa shape index (κ2) is 10.8. The van der Waals surface area contributed by atoms with Crippen LogP contribution in [-0.2, 0) is 16.6 Å². The van der Waals surface area contributed by atoms with Crippen LogP contribution in [-0.4, -0.2) is 43.0 Å². The fourth-order valence-electron chi connectivity index (χ4n) is 3.92. The molecule has 1 aliphatic heterocycles. The molecule has 1 aliphatic rings. The SMILES string of the molecule is CSc1ccccc1CNC(=O)c1csc(C2CCN(S(=O)(=O)c3ccc(C)c(Cl)c3)CC2)n1. The van der Waals surface area contributed by atoms with E-state index in [4.69, 9.17) is 11.6 Å². The number of nitrogens with one attached hydrogen (secondary N) is 1. The van der Waals surface area contributed by atoms with E-state index in [9.17, 15) is 13.2 Å². The van der Waals surface area contributed by atoms with E-state index in [1.807, 2.05) is 37.4 Å². The van der Waals surface area contributed by atoms with Gasteiger partial charge in [0.05, 0.1) is 9.90 Å². The first-order valence-electron chi connectivity index (χ1n) is 10.9. The third kappa shape index (κ3) is 5.49. The van der Waals surface area contributed by atoms with E-state index >= 15 is 0 Å². The van der Waals surface area contributed by atoms with Crippen LogP contribution in [0.4, 0.5) is 0 Å². The molecule has 10 heteroatoms. The average molecular weight is 536 g/mol. The van der Waals surface area contributed by atoms with Crippen molar-refractivity contribution in [3.05, 3.63) is 74.7 Å². The first-order chi connectivity index (χ1) is 16.3. The summed E-state index contributed by atoms with van der Waals surface area (Å²) >= 11 is 9.25. The predicted molar refractivity (Wildman–Crippen MR) is 138 cm³/mol. The summed E-state index contributed by atoms with van der Waals surface area (Å²) in [4.78, 5) is 18.6. The van der Waals surface area contributed by atoms with Crippen molar-refractivity contribution >= 4 is 50.6 Å². The van der Waals surface area contributed by atoms with Gasteiger partial charge in [0.25, 0.3) is 5.91 Å². The van der Waals surface area contributed by atoms with Gasteiger partial charge in [0, 0.05) is 40.9 Å². The first kappa shape index (κ1) is 25.2. The Morgan fingerprint density at radius 3 is 2.68 bits per heavy atom. The predicted octanol–water partition coefficient (Wildman–Crippen LogP) is 5.33. The van der Waals surface area contributed by atoms with Crippen molar-refractivity contribution in [2.24, 2.45) is 0 Å². The second-order valence-electron chi connectivity index (χ2n) is 8.15. The summed E-state index contributed by atoms with van der Waals surface area (Å²) in [6, 6.07) is 12.8. The highest BCUT2D eigenvalue weighted by Gasteiger charge is 2.31. The Morgan fingerprint density at radius 2 is 1.97 bits per heavy atom. The molecule has 34 heavy (non-hydrogen) atoms. The number of carbonyl (C=O) groups is 1. The lowest BCUT2D eigenvalue weighted by atomic mass is 9.99. The number of amides is 1. The molecule has 6 nitrogen and oxygen atoms in total. The number of hydrogen-bond acceptors (Lipinski definition) is 6. The Labute approximate surface area is 213 Å². The van der Waals surface area contributed by atoms with Crippen LogP contribution in [0.3, 0.4) is 0 Å². The third-order valence-corrected chi connectivity index (χ3v) is 10.1. The number of benzene rings is 2. The number of halogens is 1. The van der Waals surface area contributed by atoms with E-state index in [0.717, 1.165) is 21.0 Å². The van der Waals surface area contributed by atoms with Gasteiger partial charge in [-0.1, -0.05) is 35.9 Å². The Kier molecular flexibility index (Phi) is 7.99. The molecule has 0 radical (unpaired) electrons. The Hall–Kier alpha value is -1.91. The van der Waals surface area contributed by atoms with Gasteiger partial charge in [-0.15, -0.1) is 23.1 Å². The quantitative estimate of drug-likeness (QED) is 0.414. The number of piperidine rings is 1. The van der Waals surface area contributed by atoms with Gasteiger partial charge in [-0.2, -0.15) is 4.31 Å². The second-order valence-corrected chi connectivity index (χ2v) is 12.2. The molecule has 0 atom stereocenters. The number of aryl methyl sites for hydroxylation is 1. The lowest BCUT2D eigenvalue weighted by molar-refractivity contribution is 0.0946. The highest BCUT2D eigenvalue weighted by atomic mass is 35.5. The zero-order valence-electron chi connectivity index (χ0n) is 19.0. The topological polar surface area (TPSA) is 79.4 Å². The van der Waals surface area contributed by atoms with Gasteiger partial charge in [0.2, 0.25) is 10.0 Å². The molecule has 180 valence electrons. The van der Waals surface area contributed by atoms with Gasteiger partial charge in [-0.25, -0.2) is 13.4 Å². The first-order valence-corrected chi connectivity index (χ1v) is 14.8. The molecular weight excluding hydrogens is 510 g/mol. The molecule has 4 rings (SSSR count). The monoisotopic (exact) mass is 535 g/mol. The van der Waals surface area contributed by atoms with Crippen LogP contribution in [0.25, 0.3) is 0 Å². The van der Waals surface area contributed by atoms with Crippen LogP contribution in [0.15, 0.2) is 57.6 Å². The van der Waals surface area contributed by atoms with Crippen LogP contribution >= 0.6 is 34.7 Å². The maximum absolute atomic E-state index is 13.0. The fourth-order valence-corrected chi connectivity index (χ4v) is 7.25. The summed E-state index contributed by atoms with van der Waals surface area (Å²) in [5.74, 6) is -0.0634. The van der Waals surface area contributed by atoms with Gasteiger partial charge < -0.3 is 5.32 Å². The Bertz CT molecular complexity index is 1290. The van der Waals surface area contributed by atoms with Crippen molar-refractivity contribution in [1.82, 2.24) is 14.6 Å². The Balaban J connectivity index is 1.36. The van der Waals surface area contributed by atoms with E-state index in [1.165, 1.54) is 21.7 Å². The van der Waals surface area contributed by atoms with Crippen LogP contribution in [0.5, 0.6) is 0 Å². The van der Waals surface area contributed by atoms with Crippen LogP contribution in [0.2, 0.25) is 5.02 Å². The normalized spacial score (nSPS) is 15.4. The van der Waals surface area contributed by atoms with Crippen LogP contribution < -0.4 is 5.32 Å². The van der Waals surface area contributed by atoms with Crippen molar-refractivity contribution < 1.29 is 13.2 Å². The van der Waals surface area contributed by atoms with Crippen molar-refractivity contribution in [3.8, 4) is 0 Å². The molecule has 3 aromatic rings. The number of sulfonamides is 1. The molecule has 2 aromatic carbocycles. The van der Waals surface area contributed by atoms with Gasteiger partial charge in [0.1, 0.15) is 5.69 Å². The minimum absolute atomic E-state index is 0.136. The molecule has 0 unspecified atom stereocenters. The standard InChI is InChI=1S/C24H26ClN3O3S3/c1-16-7-8-19(13-20(16)25)34(30,31)28-11-9-17(10-12-28)24-27-21(15-33-24)23(29)26-14-18-5-3-4-6-22(18)32-2/h3-8,13,15,17H,9-12,14H2,1-2H3,(H,26,29). The highest BCUT2D eigenvalue weighted by Crippen LogP contribution is 2.33. The maximum atomic E-state index is 13.0. The summed E-state index contributed by atoms with van der Waals surface area (Å²) in [6.07, 6.45) is 3.34. The number of hydrogen-bond donors (Lipinski definition) is 1. The molecule has 1 amide bonds. The number of nitrogens with zero attached hydrogens (tertiary/aromatic N) is 2. The molecule has 0 bridgehead atoms. The van der Waals surface area contributed by atoms with Gasteiger partial charge >= 0.3 is 0 Å². The minimum atomic E-state index is -3.59. The zero-order valence-corrected chi connectivity index (χ0v) is 22.2. The average Bonchev–Trinajstić information content (AvgIpc) is 3.35. The van der Waals surface area contributed by atoms with Gasteiger partial charge in [-0.05, 0) is 55.3 Å². The Morgan fingerprint density at radius 1 is 1.24 bits per heavy atom. The van der Waals surface area contributed by atoms with E-state index in [2.05, 4.69) is 10.3 Å². The number of carbonyl (C=O) groups excluding carboxylic acids is 1. The summed E-state index contributed by atoms with van der Waals surface area (Å²) in [7, 11) is -3.59. The van der Waals surface area contributed by atoms with E-state index in [-0.39, 0.29) is 16.7 Å². The summed E-state index contributed by atoms with van der Waals surface area (Å²) in [5.41, 5.74) is 2.32. The molecule has 1 aromatic heterocycles. The van der Waals surface area contributed by atoms with Crippen molar-refractivity contribution in [2.75, 3.05) is 19.3 Å². The van der Waals surface area contributed by atoms with E-state index in [0.29, 0.717) is 43.2 Å². The van der Waals surface area contributed by atoms with Crippen molar-refractivity contribution in [3.63, 3.8) is 0 Å². The van der Waals surface area contributed by atoms with Crippen LogP contribution in [0, 0.1) is 6.92 Å². The lowest BCUT2D eigenvalue weighted by Crippen LogP contribution is -2.37. The zero-order chi connectivity index (χ0) is 24.3. The fraction of sp³-hybridized carbons (Fsp3) is 0.333. The van der Waals surface area contributed by atoms with Crippen LogP contribution in [0.1, 0.15) is 45.4 Å². The van der Waals surface area contributed by atoms with Crippen molar-refractivity contribution in [1.29, 1.82) is 0 Å². The molecule has 1 fully saturated rings. The number of aromatic nitrogens is 1. The molecule has 0 spiro atoms. The molecular formula is C24H26ClN3O3S3. The largest absolute Gasteiger partial charge is 0.347 e. The van der Waals surface area contributed by atoms with E-state index < -0.39 is 10.0 Å². The molecule has 1 saturated heterocycles. The van der Waals surface area contributed by atoms with Crippen molar-refractivity contribution in [2.45, 2.75) is 42.0 Å². The molecule has 1 N–H and O–H groups in total. The minimum Gasteiger partial charge on any atom is -0.347 e.